The molecule has 1 aromatic heterocycles. The summed E-state index contributed by atoms with van der Waals surface area (Å²) in [4.78, 5) is 27.0. The molecule has 0 spiro atoms. The Labute approximate surface area is 183 Å². The maximum atomic E-state index is 13.6. The Kier molecular flexibility index (Phi) is 5.56. The van der Waals surface area contributed by atoms with Gasteiger partial charge in [0.15, 0.2) is 0 Å². The Morgan fingerprint density at radius 3 is 2.76 bits per heavy atom. The summed E-state index contributed by atoms with van der Waals surface area (Å²) < 4.78 is 0. The first-order chi connectivity index (χ1) is 13.9. The second-order valence-electron chi connectivity index (χ2n) is 7.18. The maximum Gasteiger partial charge on any atom is 0.258 e. The zero-order valence-corrected chi connectivity index (χ0v) is 17.9. The summed E-state index contributed by atoms with van der Waals surface area (Å²) in [5.74, 6) is -0.659. The molecule has 0 saturated heterocycles. The molecule has 0 fully saturated rings. The fourth-order valence-electron chi connectivity index (χ4n) is 3.84. The van der Waals surface area contributed by atoms with E-state index in [0.29, 0.717) is 23.2 Å². The minimum atomic E-state index is -1.16. The zero-order valence-electron chi connectivity index (χ0n) is 15.6. The van der Waals surface area contributed by atoms with E-state index in [4.69, 9.17) is 28.9 Å². The fourth-order valence-corrected chi connectivity index (χ4v) is 5.38. The smallest absolute Gasteiger partial charge is 0.258 e. The summed E-state index contributed by atoms with van der Waals surface area (Å²) in [6.45, 7) is 0.665. The van der Waals surface area contributed by atoms with Crippen LogP contribution in [0.1, 0.15) is 33.6 Å². The molecular formula is C22H20Cl2N2O2S. The molecule has 2 unspecified atom stereocenters. The number of primary amides is 1. The van der Waals surface area contributed by atoms with E-state index < -0.39 is 16.2 Å². The zero-order chi connectivity index (χ0) is 20.6. The highest BCUT2D eigenvalue weighted by molar-refractivity contribution is 7.10. The molecule has 1 aromatic carbocycles. The molecule has 2 heterocycles. The third kappa shape index (κ3) is 3.63. The van der Waals surface area contributed by atoms with Crippen LogP contribution in [0.3, 0.4) is 0 Å². The van der Waals surface area contributed by atoms with Crippen molar-refractivity contribution in [2.24, 2.45) is 5.73 Å². The van der Waals surface area contributed by atoms with Crippen molar-refractivity contribution < 1.29 is 9.59 Å². The first-order valence-electron chi connectivity index (χ1n) is 9.43. The van der Waals surface area contributed by atoms with Gasteiger partial charge < -0.3 is 10.6 Å². The molecule has 2 aromatic rings. The Morgan fingerprint density at radius 2 is 2.00 bits per heavy atom. The number of alkyl halides is 2. The summed E-state index contributed by atoms with van der Waals surface area (Å²) in [6.07, 6.45) is 7.76. The molecule has 2 atom stereocenters. The minimum Gasteiger partial charge on any atom is -0.366 e. The average molecular weight is 447 g/mol. The third-order valence-electron chi connectivity index (χ3n) is 5.38. The number of nitrogens with zero attached hydrogens (tertiary/aromatic N) is 1. The van der Waals surface area contributed by atoms with Gasteiger partial charge in [0.05, 0.1) is 11.1 Å². The topological polar surface area (TPSA) is 63.4 Å². The van der Waals surface area contributed by atoms with E-state index in [1.54, 1.807) is 35.6 Å². The van der Waals surface area contributed by atoms with Gasteiger partial charge in [0, 0.05) is 22.6 Å². The second-order valence-corrected chi connectivity index (χ2v) is 9.27. The van der Waals surface area contributed by atoms with Crippen molar-refractivity contribution in [3.05, 3.63) is 75.5 Å². The van der Waals surface area contributed by atoms with Gasteiger partial charge in [-0.15, -0.1) is 34.5 Å². The largest absolute Gasteiger partial charge is 0.366 e. The molecule has 29 heavy (non-hydrogen) atoms. The van der Waals surface area contributed by atoms with E-state index in [2.05, 4.69) is 0 Å². The average Bonchev–Trinajstić information content (AvgIpc) is 3.08. The van der Waals surface area contributed by atoms with E-state index in [1.807, 2.05) is 34.5 Å². The number of thiophene rings is 1. The summed E-state index contributed by atoms with van der Waals surface area (Å²) in [5.41, 5.74) is 7.77. The summed E-state index contributed by atoms with van der Waals surface area (Å²) in [5, 5.41) is 1.30. The third-order valence-corrected chi connectivity index (χ3v) is 7.50. The van der Waals surface area contributed by atoms with Gasteiger partial charge in [-0.3, -0.25) is 9.59 Å². The number of hydrogen-bond acceptors (Lipinski definition) is 3. The standard InChI is InChI=1S/C22H20Cl2N2O2S/c23-19-13-14(20(25)27)8-10-22(19,24)16-6-2-1-5-15(16)21(28)26-11-4-3-7-18-17(26)9-12-29-18/h1-2,5-6,8-10,12-13,19H,3-4,7,11H2,(H2,25,27). The predicted octanol–water partition coefficient (Wildman–Crippen LogP) is 4.75. The van der Waals surface area contributed by atoms with Crippen LogP contribution in [0.2, 0.25) is 0 Å². The van der Waals surface area contributed by atoms with E-state index in [0.717, 1.165) is 24.9 Å². The highest BCUT2D eigenvalue weighted by Gasteiger charge is 2.40. The molecule has 2 aliphatic rings. The number of allylic oxidation sites excluding steroid dienone is 2. The quantitative estimate of drug-likeness (QED) is 0.690. The van der Waals surface area contributed by atoms with Crippen molar-refractivity contribution in [1.29, 1.82) is 0 Å². The highest BCUT2D eigenvalue weighted by atomic mass is 35.5. The van der Waals surface area contributed by atoms with Gasteiger partial charge in [0.25, 0.3) is 5.91 Å². The van der Waals surface area contributed by atoms with Crippen molar-refractivity contribution in [2.75, 3.05) is 11.4 Å². The van der Waals surface area contributed by atoms with Gasteiger partial charge in [-0.25, -0.2) is 0 Å². The lowest BCUT2D eigenvalue weighted by atomic mass is 9.85. The monoisotopic (exact) mass is 446 g/mol. The van der Waals surface area contributed by atoms with Crippen LogP contribution < -0.4 is 10.6 Å². The number of hydrogen-bond donors (Lipinski definition) is 1. The first kappa shape index (κ1) is 20.2. The molecular weight excluding hydrogens is 427 g/mol. The van der Waals surface area contributed by atoms with Crippen LogP contribution in [0.5, 0.6) is 0 Å². The van der Waals surface area contributed by atoms with E-state index in [9.17, 15) is 9.59 Å². The van der Waals surface area contributed by atoms with E-state index >= 15 is 0 Å². The van der Waals surface area contributed by atoms with Gasteiger partial charge in [-0.1, -0.05) is 36.4 Å². The first-order valence-corrected chi connectivity index (χ1v) is 11.1. The van der Waals surface area contributed by atoms with Crippen molar-refractivity contribution >= 4 is 52.0 Å². The lowest BCUT2D eigenvalue weighted by Gasteiger charge is -2.33. The molecule has 7 heteroatoms. The molecule has 1 aliphatic heterocycles. The molecule has 0 bridgehead atoms. The molecule has 2 amide bonds. The van der Waals surface area contributed by atoms with Gasteiger partial charge in [-0.2, -0.15) is 0 Å². The number of nitrogens with two attached hydrogens (primary N) is 1. The number of benzene rings is 1. The van der Waals surface area contributed by atoms with Crippen LogP contribution in [0, 0.1) is 0 Å². The number of amides is 2. The van der Waals surface area contributed by atoms with Gasteiger partial charge >= 0.3 is 0 Å². The van der Waals surface area contributed by atoms with Crippen LogP contribution in [0.15, 0.2) is 59.5 Å². The number of halogens is 2. The van der Waals surface area contributed by atoms with Crippen LogP contribution in [0.25, 0.3) is 0 Å². The highest BCUT2D eigenvalue weighted by Crippen LogP contribution is 2.43. The number of carbonyl (C=O) groups excluding carboxylic acids is 2. The number of carbonyl (C=O) groups is 2. The van der Waals surface area contributed by atoms with Crippen LogP contribution in [-0.4, -0.2) is 23.7 Å². The molecule has 4 rings (SSSR count). The fraction of sp³-hybridized carbons (Fsp3) is 0.273. The van der Waals surface area contributed by atoms with Crippen molar-refractivity contribution in [3.63, 3.8) is 0 Å². The van der Waals surface area contributed by atoms with Crippen molar-refractivity contribution in [3.8, 4) is 0 Å². The van der Waals surface area contributed by atoms with E-state index in [1.165, 1.54) is 4.88 Å². The van der Waals surface area contributed by atoms with E-state index in [-0.39, 0.29) is 5.91 Å². The number of rotatable bonds is 3. The van der Waals surface area contributed by atoms with Gasteiger partial charge in [0.2, 0.25) is 5.91 Å². The van der Waals surface area contributed by atoms with Crippen LogP contribution in [0.4, 0.5) is 5.69 Å². The number of anilines is 1. The number of fused-ring (bicyclic) bond motifs is 1. The maximum absolute atomic E-state index is 13.6. The lowest BCUT2D eigenvalue weighted by Crippen LogP contribution is -2.36. The normalized spacial score (nSPS) is 23.9. The number of aryl methyl sites for hydroxylation is 1. The Hall–Kier alpha value is -2.08. The van der Waals surface area contributed by atoms with Crippen LogP contribution >= 0.6 is 34.5 Å². The lowest BCUT2D eigenvalue weighted by molar-refractivity contribution is -0.114. The Morgan fingerprint density at radius 1 is 1.21 bits per heavy atom. The molecule has 2 N–H and O–H groups in total. The van der Waals surface area contributed by atoms with Crippen molar-refractivity contribution in [2.45, 2.75) is 29.5 Å². The summed E-state index contributed by atoms with van der Waals surface area (Å²) in [6, 6.07) is 9.26. The SMILES string of the molecule is NC(=O)C1=CC(Cl)C(Cl)(c2ccccc2C(=O)N2CCCCc3sccc32)C=C1. The Balaban J connectivity index is 1.74. The van der Waals surface area contributed by atoms with Crippen LogP contribution in [-0.2, 0) is 16.1 Å². The summed E-state index contributed by atoms with van der Waals surface area (Å²) in [7, 11) is 0. The van der Waals surface area contributed by atoms with Gasteiger partial charge in [-0.05, 0) is 42.3 Å². The second kappa shape index (κ2) is 7.98. The molecule has 0 radical (unpaired) electrons. The molecule has 4 nitrogen and oxygen atoms in total. The van der Waals surface area contributed by atoms with Gasteiger partial charge in [0.1, 0.15) is 4.87 Å². The molecule has 150 valence electrons. The predicted molar refractivity (Wildman–Crippen MR) is 119 cm³/mol. The van der Waals surface area contributed by atoms with Crippen molar-refractivity contribution in [1.82, 2.24) is 0 Å². The Bertz CT molecular complexity index is 1030. The molecule has 1 aliphatic carbocycles. The molecule has 0 saturated carbocycles. The minimum absolute atomic E-state index is 0.0934. The summed E-state index contributed by atoms with van der Waals surface area (Å²) >= 11 is 15.2.